The highest BCUT2D eigenvalue weighted by molar-refractivity contribution is 5.26. The lowest BCUT2D eigenvalue weighted by Crippen LogP contribution is -2.32. The first kappa shape index (κ1) is 12.0. The Balaban J connectivity index is 3.22. The highest BCUT2D eigenvalue weighted by atomic mass is 19.2. The van der Waals surface area contributed by atoms with E-state index in [0.717, 1.165) is 12.1 Å². The first-order chi connectivity index (χ1) is 7.05. The van der Waals surface area contributed by atoms with Crippen LogP contribution in [0.4, 0.5) is 13.2 Å². The van der Waals surface area contributed by atoms with Gasteiger partial charge in [-0.15, -0.1) is 0 Å². The van der Waals surface area contributed by atoms with Crippen LogP contribution < -0.4 is 5.73 Å². The lowest BCUT2D eigenvalue weighted by Gasteiger charge is -2.24. The molecule has 2 N–H and O–H groups in total. The third kappa shape index (κ3) is 2.31. The number of alkyl halides is 1. The molecule has 0 saturated carbocycles. The second kappa shape index (κ2) is 4.66. The van der Waals surface area contributed by atoms with Crippen LogP contribution in [0.15, 0.2) is 18.2 Å². The van der Waals surface area contributed by atoms with Gasteiger partial charge in [0.25, 0.3) is 0 Å². The number of halogens is 3. The minimum absolute atomic E-state index is 0.0152. The van der Waals surface area contributed by atoms with E-state index in [1.54, 1.807) is 6.92 Å². The van der Waals surface area contributed by atoms with Gasteiger partial charge in [-0.1, -0.05) is 19.4 Å². The van der Waals surface area contributed by atoms with Crippen molar-refractivity contribution in [1.82, 2.24) is 0 Å². The van der Waals surface area contributed by atoms with E-state index in [-0.39, 0.29) is 6.42 Å². The highest BCUT2D eigenvalue weighted by Gasteiger charge is 2.35. The van der Waals surface area contributed by atoms with Gasteiger partial charge < -0.3 is 5.73 Å². The molecule has 0 saturated heterocycles. The van der Waals surface area contributed by atoms with Gasteiger partial charge in [0.2, 0.25) is 0 Å². The van der Waals surface area contributed by atoms with Crippen LogP contribution in [0.2, 0.25) is 0 Å². The summed E-state index contributed by atoms with van der Waals surface area (Å²) in [6.07, 6.45) is 0.489. The van der Waals surface area contributed by atoms with Crippen molar-refractivity contribution in [3.63, 3.8) is 0 Å². The fraction of sp³-hybridized carbons (Fsp3) is 0.455. The van der Waals surface area contributed by atoms with Crippen molar-refractivity contribution >= 4 is 0 Å². The fourth-order valence-electron chi connectivity index (χ4n) is 1.65. The van der Waals surface area contributed by atoms with Crippen molar-refractivity contribution in [2.45, 2.75) is 25.4 Å². The zero-order valence-corrected chi connectivity index (χ0v) is 8.56. The van der Waals surface area contributed by atoms with Crippen molar-refractivity contribution in [2.24, 2.45) is 5.73 Å². The van der Waals surface area contributed by atoms with Crippen LogP contribution in [0, 0.1) is 11.6 Å². The van der Waals surface area contributed by atoms with E-state index in [2.05, 4.69) is 0 Å². The molecule has 1 unspecified atom stereocenters. The van der Waals surface area contributed by atoms with E-state index in [1.165, 1.54) is 6.07 Å². The van der Waals surface area contributed by atoms with Gasteiger partial charge >= 0.3 is 0 Å². The molecular formula is C11H14F3N. The summed E-state index contributed by atoms with van der Waals surface area (Å²) >= 11 is 0. The second-order valence-electron chi connectivity index (χ2n) is 3.52. The summed E-state index contributed by atoms with van der Waals surface area (Å²) in [5, 5.41) is 0. The van der Waals surface area contributed by atoms with Gasteiger partial charge in [0, 0.05) is 6.54 Å². The first-order valence-electron chi connectivity index (χ1n) is 4.88. The van der Waals surface area contributed by atoms with Crippen molar-refractivity contribution < 1.29 is 13.2 Å². The Morgan fingerprint density at radius 2 is 1.80 bits per heavy atom. The molecule has 0 bridgehead atoms. The van der Waals surface area contributed by atoms with Gasteiger partial charge in [-0.05, 0) is 18.6 Å². The molecule has 1 atom stereocenters. The molecule has 0 aliphatic heterocycles. The molecule has 1 aromatic rings. The Kier molecular flexibility index (Phi) is 3.74. The molecule has 0 aliphatic rings. The number of hydrogen-bond donors (Lipinski definition) is 1. The third-order valence-electron chi connectivity index (χ3n) is 2.38. The Hall–Kier alpha value is -1.03. The molecule has 0 radical (unpaired) electrons. The maximum atomic E-state index is 14.2. The fourth-order valence-corrected chi connectivity index (χ4v) is 1.65. The topological polar surface area (TPSA) is 26.0 Å². The number of rotatable bonds is 4. The minimum Gasteiger partial charge on any atom is -0.327 e. The van der Waals surface area contributed by atoms with Crippen LogP contribution in [0.5, 0.6) is 0 Å². The Bertz CT molecular complexity index is 320. The van der Waals surface area contributed by atoms with E-state index >= 15 is 0 Å². The van der Waals surface area contributed by atoms with Crippen LogP contribution in [0.3, 0.4) is 0 Å². The standard InChI is InChI=1S/C11H14F3N/c1-2-6-11(14,7-15)10-8(12)4-3-5-9(10)13/h3-5H,2,6-7,15H2,1H3. The molecule has 1 aromatic carbocycles. The monoisotopic (exact) mass is 217 g/mol. The summed E-state index contributed by atoms with van der Waals surface area (Å²) in [6, 6.07) is 3.28. The third-order valence-corrected chi connectivity index (χ3v) is 2.38. The van der Waals surface area contributed by atoms with Crippen molar-refractivity contribution in [1.29, 1.82) is 0 Å². The van der Waals surface area contributed by atoms with E-state index < -0.39 is 29.4 Å². The molecule has 0 aliphatic carbocycles. The van der Waals surface area contributed by atoms with E-state index in [1.807, 2.05) is 0 Å². The molecule has 4 heteroatoms. The van der Waals surface area contributed by atoms with Crippen LogP contribution >= 0.6 is 0 Å². The molecule has 15 heavy (non-hydrogen) atoms. The molecule has 1 rings (SSSR count). The van der Waals surface area contributed by atoms with Crippen LogP contribution in [-0.4, -0.2) is 6.54 Å². The van der Waals surface area contributed by atoms with Crippen LogP contribution in [0.1, 0.15) is 25.3 Å². The lowest BCUT2D eigenvalue weighted by atomic mass is 9.90. The summed E-state index contributed by atoms with van der Waals surface area (Å²) in [5.41, 5.74) is 2.60. The van der Waals surface area contributed by atoms with E-state index in [0.29, 0.717) is 6.42 Å². The average molecular weight is 217 g/mol. The van der Waals surface area contributed by atoms with Crippen LogP contribution in [0.25, 0.3) is 0 Å². The second-order valence-corrected chi connectivity index (χ2v) is 3.52. The maximum absolute atomic E-state index is 14.2. The molecule has 0 aromatic heterocycles. The van der Waals surface area contributed by atoms with Crippen molar-refractivity contribution in [3.05, 3.63) is 35.4 Å². The SMILES string of the molecule is CCCC(F)(CN)c1c(F)cccc1F. The zero-order chi connectivity index (χ0) is 11.5. The Labute approximate surface area is 87.1 Å². The molecule has 0 fully saturated rings. The summed E-state index contributed by atoms with van der Waals surface area (Å²) in [4.78, 5) is 0. The Morgan fingerprint density at radius 3 is 2.20 bits per heavy atom. The van der Waals surface area contributed by atoms with Gasteiger partial charge in [-0.3, -0.25) is 0 Å². The lowest BCUT2D eigenvalue weighted by molar-refractivity contribution is 0.147. The summed E-state index contributed by atoms with van der Waals surface area (Å²) in [5.74, 6) is -1.76. The van der Waals surface area contributed by atoms with Crippen molar-refractivity contribution in [3.8, 4) is 0 Å². The first-order valence-corrected chi connectivity index (χ1v) is 4.88. The van der Waals surface area contributed by atoms with E-state index in [9.17, 15) is 13.2 Å². The molecular weight excluding hydrogens is 203 g/mol. The molecule has 84 valence electrons. The van der Waals surface area contributed by atoms with Gasteiger partial charge in [-0.25, -0.2) is 13.2 Å². The van der Waals surface area contributed by atoms with E-state index in [4.69, 9.17) is 5.73 Å². The maximum Gasteiger partial charge on any atom is 0.153 e. The van der Waals surface area contributed by atoms with Crippen LogP contribution in [-0.2, 0) is 5.67 Å². The molecule has 0 spiro atoms. The predicted octanol–water partition coefficient (Wildman–Crippen LogP) is 2.89. The molecule has 0 amide bonds. The van der Waals surface area contributed by atoms with Gasteiger partial charge in [0.05, 0.1) is 5.56 Å². The van der Waals surface area contributed by atoms with Gasteiger partial charge in [0.1, 0.15) is 11.6 Å². The number of nitrogens with two attached hydrogens (primary N) is 1. The Morgan fingerprint density at radius 1 is 1.27 bits per heavy atom. The minimum atomic E-state index is -2.11. The zero-order valence-electron chi connectivity index (χ0n) is 8.56. The van der Waals surface area contributed by atoms with Gasteiger partial charge in [-0.2, -0.15) is 0 Å². The molecule has 1 nitrogen and oxygen atoms in total. The highest BCUT2D eigenvalue weighted by Crippen LogP contribution is 2.33. The predicted molar refractivity (Wildman–Crippen MR) is 53.1 cm³/mol. The largest absolute Gasteiger partial charge is 0.327 e. The molecule has 0 heterocycles. The summed E-state index contributed by atoms with van der Waals surface area (Å²) in [7, 11) is 0. The summed E-state index contributed by atoms with van der Waals surface area (Å²) < 4.78 is 40.8. The van der Waals surface area contributed by atoms with Gasteiger partial charge in [0.15, 0.2) is 5.67 Å². The normalized spacial score (nSPS) is 15.0. The number of benzene rings is 1. The summed E-state index contributed by atoms with van der Waals surface area (Å²) in [6.45, 7) is 1.32. The van der Waals surface area contributed by atoms with Crippen molar-refractivity contribution in [2.75, 3.05) is 6.54 Å². The quantitative estimate of drug-likeness (QED) is 0.824. The number of hydrogen-bond acceptors (Lipinski definition) is 1. The smallest absolute Gasteiger partial charge is 0.153 e. The average Bonchev–Trinajstić information content (AvgIpc) is 2.18.